The van der Waals surface area contributed by atoms with Crippen LogP contribution in [0.25, 0.3) is 16.7 Å². The number of amides is 1. The lowest BCUT2D eigenvalue weighted by atomic mass is 10.1. The fourth-order valence-corrected chi connectivity index (χ4v) is 2.26. The second-order valence-electron chi connectivity index (χ2n) is 4.37. The lowest BCUT2D eigenvalue weighted by Gasteiger charge is -2.02. The third-order valence-electron chi connectivity index (χ3n) is 3.06. The van der Waals surface area contributed by atoms with Gasteiger partial charge in [-0.3, -0.25) is 4.79 Å². The number of primary amides is 1. The summed E-state index contributed by atoms with van der Waals surface area (Å²) in [7, 11) is 0. The second kappa shape index (κ2) is 4.57. The Morgan fingerprint density at radius 1 is 1.16 bits per heavy atom. The summed E-state index contributed by atoms with van der Waals surface area (Å²) < 4.78 is 1.98. The van der Waals surface area contributed by atoms with Crippen molar-refractivity contribution in [2.45, 2.75) is 6.42 Å². The molecule has 0 saturated heterocycles. The van der Waals surface area contributed by atoms with Crippen LogP contribution in [0, 0.1) is 0 Å². The Bertz CT molecular complexity index is 731. The molecule has 1 amide bonds. The Morgan fingerprint density at radius 2 is 1.95 bits per heavy atom. The van der Waals surface area contributed by atoms with Crippen molar-refractivity contribution >= 4 is 16.8 Å². The number of rotatable bonds is 3. The smallest absolute Gasteiger partial charge is 0.221 e. The van der Waals surface area contributed by atoms with Gasteiger partial charge in [-0.25, -0.2) is 4.98 Å². The van der Waals surface area contributed by atoms with Crippen LogP contribution in [0.2, 0.25) is 0 Å². The number of nitrogens with two attached hydrogens (primary N) is 1. The number of benzene rings is 1. The molecule has 0 saturated carbocycles. The van der Waals surface area contributed by atoms with Crippen LogP contribution < -0.4 is 5.73 Å². The predicted octanol–water partition coefficient (Wildman–Crippen LogP) is 2.05. The molecule has 2 aromatic heterocycles. The van der Waals surface area contributed by atoms with Gasteiger partial charge in [0.15, 0.2) is 0 Å². The molecule has 19 heavy (non-hydrogen) atoms. The maximum absolute atomic E-state index is 11.2. The van der Waals surface area contributed by atoms with E-state index in [-0.39, 0.29) is 12.3 Å². The Morgan fingerprint density at radius 3 is 2.68 bits per heavy atom. The number of pyridine rings is 1. The second-order valence-corrected chi connectivity index (χ2v) is 4.37. The molecule has 4 nitrogen and oxygen atoms in total. The SMILES string of the molecule is NC(=O)Cc1cn(-c2ccccn2)c2ccccc12. The zero-order valence-electron chi connectivity index (χ0n) is 10.3. The summed E-state index contributed by atoms with van der Waals surface area (Å²) >= 11 is 0. The predicted molar refractivity (Wildman–Crippen MR) is 74.0 cm³/mol. The Labute approximate surface area is 110 Å². The van der Waals surface area contributed by atoms with Crippen LogP contribution in [0.5, 0.6) is 0 Å². The average molecular weight is 251 g/mol. The molecular formula is C15H13N3O. The average Bonchev–Trinajstić information content (AvgIpc) is 2.78. The minimum absolute atomic E-state index is 0.236. The summed E-state index contributed by atoms with van der Waals surface area (Å²) in [6.45, 7) is 0. The van der Waals surface area contributed by atoms with Gasteiger partial charge in [-0.2, -0.15) is 0 Å². The van der Waals surface area contributed by atoms with E-state index in [1.54, 1.807) is 6.20 Å². The largest absolute Gasteiger partial charge is 0.369 e. The van der Waals surface area contributed by atoms with E-state index in [0.717, 1.165) is 22.3 Å². The highest BCUT2D eigenvalue weighted by atomic mass is 16.1. The van der Waals surface area contributed by atoms with E-state index in [4.69, 9.17) is 5.73 Å². The van der Waals surface area contributed by atoms with Crippen molar-refractivity contribution < 1.29 is 4.79 Å². The van der Waals surface area contributed by atoms with E-state index in [0.29, 0.717) is 0 Å². The molecule has 0 bridgehead atoms. The fourth-order valence-electron chi connectivity index (χ4n) is 2.26. The summed E-state index contributed by atoms with van der Waals surface area (Å²) in [6, 6.07) is 13.7. The van der Waals surface area contributed by atoms with Gasteiger partial charge in [-0.05, 0) is 23.8 Å². The van der Waals surface area contributed by atoms with E-state index >= 15 is 0 Å². The van der Waals surface area contributed by atoms with Gasteiger partial charge in [0.25, 0.3) is 0 Å². The molecule has 0 unspecified atom stereocenters. The van der Waals surface area contributed by atoms with Gasteiger partial charge in [0, 0.05) is 17.8 Å². The number of aromatic nitrogens is 2. The van der Waals surface area contributed by atoms with Gasteiger partial charge in [-0.1, -0.05) is 24.3 Å². The number of carbonyl (C=O) groups excluding carboxylic acids is 1. The number of hydrogen-bond acceptors (Lipinski definition) is 2. The number of nitrogens with zero attached hydrogens (tertiary/aromatic N) is 2. The van der Waals surface area contributed by atoms with Crippen molar-refractivity contribution in [3.05, 3.63) is 60.4 Å². The van der Waals surface area contributed by atoms with Gasteiger partial charge < -0.3 is 10.3 Å². The summed E-state index contributed by atoms with van der Waals surface area (Å²) in [5, 5.41) is 1.03. The Hall–Kier alpha value is -2.62. The molecule has 1 aromatic carbocycles. The summed E-state index contributed by atoms with van der Waals surface area (Å²) in [4.78, 5) is 15.5. The van der Waals surface area contributed by atoms with Crippen LogP contribution >= 0.6 is 0 Å². The zero-order chi connectivity index (χ0) is 13.2. The van der Waals surface area contributed by atoms with Gasteiger partial charge in [0.05, 0.1) is 11.9 Å². The lowest BCUT2D eigenvalue weighted by Crippen LogP contribution is -2.13. The van der Waals surface area contributed by atoms with Gasteiger partial charge in [-0.15, -0.1) is 0 Å². The molecule has 4 heteroatoms. The first-order valence-corrected chi connectivity index (χ1v) is 6.04. The van der Waals surface area contributed by atoms with Crippen molar-refractivity contribution in [2.75, 3.05) is 0 Å². The molecule has 0 atom stereocenters. The van der Waals surface area contributed by atoms with E-state index < -0.39 is 0 Å². The maximum atomic E-state index is 11.2. The number of hydrogen-bond donors (Lipinski definition) is 1. The number of para-hydroxylation sites is 1. The van der Waals surface area contributed by atoms with Gasteiger partial charge in [0.1, 0.15) is 5.82 Å². The van der Waals surface area contributed by atoms with Crippen LogP contribution in [-0.2, 0) is 11.2 Å². The summed E-state index contributed by atoms with van der Waals surface area (Å²) in [5.41, 5.74) is 7.25. The highest BCUT2D eigenvalue weighted by Crippen LogP contribution is 2.24. The monoisotopic (exact) mass is 251 g/mol. The van der Waals surface area contributed by atoms with Gasteiger partial charge >= 0.3 is 0 Å². The molecule has 0 aliphatic heterocycles. The Balaban J connectivity index is 2.23. The minimum atomic E-state index is -0.330. The van der Waals surface area contributed by atoms with Crippen molar-refractivity contribution in [3.8, 4) is 5.82 Å². The molecule has 0 radical (unpaired) electrons. The van der Waals surface area contributed by atoms with E-state index in [1.807, 2.05) is 53.2 Å². The highest BCUT2D eigenvalue weighted by molar-refractivity contribution is 5.89. The maximum Gasteiger partial charge on any atom is 0.221 e. The molecule has 3 aromatic rings. The van der Waals surface area contributed by atoms with Crippen molar-refractivity contribution in [3.63, 3.8) is 0 Å². The molecule has 0 aliphatic carbocycles. The Kier molecular flexibility index (Phi) is 2.76. The minimum Gasteiger partial charge on any atom is -0.369 e. The third-order valence-corrected chi connectivity index (χ3v) is 3.06. The van der Waals surface area contributed by atoms with Crippen molar-refractivity contribution in [1.82, 2.24) is 9.55 Å². The molecule has 0 fully saturated rings. The van der Waals surface area contributed by atoms with Crippen molar-refractivity contribution in [2.24, 2.45) is 5.73 Å². The molecule has 0 spiro atoms. The molecule has 0 aliphatic rings. The van der Waals surface area contributed by atoms with Gasteiger partial charge in [0.2, 0.25) is 5.91 Å². The quantitative estimate of drug-likeness (QED) is 0.774. The molecule has 3 rings (SSSR count). The standard InChI is InChI=1S/C15H13N3O/c16-14(19)9-11-10-18(15-7-3-4-8-17-15)13-6-2-1-5-12(11)13/h1-8,10H,9H2,(H2,16,19). The van der Waals surface area contributed by atoms with E-state index in [2.05, 4.69) is 4.98 Å². The highest BCUT2D eigenvalue weighted by Gasteiger charge is 2.11. The first kappa shape index (κ1) is 11.5. The zero-order valence-corrected chi connectivity index (χ0v) is 10.3. The molecule has 2 heterocycles. The summed E-state index contributed by atoms with van der Waals surface area (Å²) in [6.07, 6.45) is 3.91. The van der Waals surface area contributed by atoms with Crippen LogP contribution in [0.1, 0.15) is 5.56 Å². The van der Waals surface area contributed by atoms with Crippen LogP contribution in [0.15, 0.2) is 54.9 Å². The number of fused-ring (bicyclic) bond motifs is 1. The van der Waals surface area contributed by atoms with Crippen LogP contribution in [-0.4, -0.2) is 15.5 Å². The van der Waals surface area contributed by atoms with Crippen molar-refractivity contribution in [1.29, 1.82) is 0 Å². The topological polar surface area (TPSA) is 60.9 Å². The van der Waals surface area contributed by atoms with E-state index in [9.17, 15) is 4.79 Å². The van der Waals surface area contributed by atoms with Crippen LogP contribution in [0.4, 0.5) is 0 Å². The third kappa shape index (κ3) is 2.08. The molecular weight excluding hydrogens is 238 g/mol. The molecule has 2 N–H and O–H groups in total. The number of carbonyl (C=O) groups is 1. The fraction of sp³-hybridized carbons (Fsp3) is 0.0667. The normalized spacial score (nSPS) is 10.7. The lowest BCUT2D eigenvalue weighted by molar-refractivity contribution is -0.117. The molecule has 94 valence electrons. The van der Waals surface area contributed by atoms with E-state index in [1.165, 1.54) is 0 Å². The van der Waals surface area contributed by atoms with Crippen LogP contribution in [0.3, 0.4) is 0 Å². The summed E-state index contributed by atoms with van der Waals surface area (Å²) in [5.74, 6) is 0.498. The first-order valence-electron chi connectivity index (χ1n) is 6.04. The first-order chi connectivity index (χ1) is 9.25.